The second kappa shape index (κ2) is 3.70. The summed E-state index contributed by atoms with van der Waals surface area (Å²) >= 11 is 3.40. The summed E-state index contributed by atoms with van der Waals surface area (Å²) in [6.07, 6.45) is 0. The molecule has 2 rings (SSSR count). The van der Waals surface area contributed by atoms with E-state index in [2.05, 4.69) is 21.0 Å². The lowest BCUT2D eigenvalue weighted by molar-refractivity contribution is 0.833. The number of rotatable bonds is 1. The van der Waals surface area contributed by atoms with Crippen LogP contribution in [0, 0.1) is 13.8 Å². The average molecular weight is 266 g/mol. The fraction of sp³-hybridized carbons (Fsp3) is 0.182. The fourth-order valence-corrected chi connectivity index (χ4v) is 1.75. The van der Waals surface area contributed by atoms with E-state index in [1.807, 2.05) is 42.8 Å². The summed E-state index contributed by atoms with van der Waals surface area (Å²) < 4.78 is 2.91. The minimum atomic E-state index is 0.762. The van der Waals surface area contributed by atoms with Crippen molar-refractivity contribution in [2.45, 2.75) is 13.8 Å². The molecule has 0 fully saturated rings. The Balaban J connectivity index is 2.54. The van der Waals surface area contributed by atoms with Gasteiger partial charge in [0, 0.05) is 4.47 Å². The summed E-state index contributed by atoms with van der Waals surface area (Å²) in [6, 6.07) is 7.98. The Morgan fingerprint density at radius 3 is 2.27 bits per heavy atom. The summed E-state index contributed by atoms with van der Waals surface area (Å²) in [5, 5.41) is 4.39. The van der Waals surface area contributed by atoms with Crippen molar-refractivity contribution in [2.75, 3.05) is 5.73 Å². The van der Waals surface area contributed by atoms with Crippen LogP contribution in [-0.2, 0) is 0 Å². The smallest absolute Gasteiger partial charge is 0.0830 e. The van der Waals surface area contributed by atoms with Gasteiger partial charge in [-0.1, -0.05) is 15.9 Å². The SMILES string of the molecule is Cc1nn(-c2ccc(Br)cc2)c(C)c1N. The molecule has 15 heavy (non-hydrogen) atoms. The van der Waals surface area contributed by atoms with E-state index in [9.17, 15) is 0 Å². The highest BCUT2D eigenvalue weighted by molar-refractivity contribution is 9.10. The number of aromatic nitrogens is 2. The number of aryl methyl sites for hydroxylation is 1. The highest BCUT2D eigenvalue weighted by atomic mass is 79.9. The lowest BCUT2D eigenvalue weighted by Gasteiger charge is -2.03. The van der Waals surface area contributed by atoms with Gasteiger partial charge in [0.25, 0.3) is 0 Å². The molecule has 1 aromatic carbocycles. The minimum absolute atomic E-state index is 0.762. The molecule has 0 aliphatic heterocycles. The maximum absolute atomic E-state index is 5.88. The second-order valence-electron chi connectivity index (χ2n) is 3.47. The molecule has 0 saturated carbocycles. The van der Waals surface area contributed by atoms with Crippen LogP contribution in [0.5, 0.6) is 0 Å². The Kier molecular flexibility index (Phi) is 2.52. The van der Waals surface area contributed by atoms with Crippen molar-refractivity contribution in [2.24, 2.45) is 0 Å². The molecule has 0 spiro atoms. The first-order valence-electron chi connectivity index (χ1n) is 4.67. The molecule has 78 valence electrons. The van der Waals surface area contributed by atoms with Gasteiger partial charge in [-0.25, -0.2) is 4.68 Å². The molecular formula is C11H12BrN3. The predicted molar refractivity (Wildman–Crippen MR) is 65.2 cm³/mol. The average Bonchev–Trinajstić information content (AvgIpc) is 2.47. The van der Waals surface area contributed by atoms with Gasteiger partial charge in [-0.2, -0.15) is 5.10 Å². The summed E-state index contributed by atoms with van der Waals surface area (Å²) in [5.74, 6) is 0. The van der Waals surface area contributed by atoms with E-state index in [1.165, 1.54) is 0 Å². The number of halogens is 1. The Hall–Kier alpha value is -1.29. The van der Waals surface area contributed by atoms with Crippen molar-refractivity contribution in [1.82, 2.24) is 9.78 Å². The highest BCUT2D eigenvalue weighted by Gasteiger charge is 2.08. The Morgan fingerprint density at radius 1 is 1.20 bits per heavy atom. The minimum Gasteiger partial charge on any atom is -0.396 e. The van der Waals surface area contributed by atoms with Crippen LogP contribution in [0.15, 0.2) is 28.7 Å². The van der Waals surface area contributed by atoms with Crippen molar-refractivity contribution >= 4 is 21.6 Å². The van der Waals surface area contributed by atoms with Crippen molar-refractivity contribution in [1.29, 1.82) is 0 Å². The molecule has 1 aromatic heterocycles. The van der Waals surface area contributed by atoms with E-state index < -0.39 is 0 Å². The van der Waals surface area contributed by atoms with E-state index in [-0.39, 0.29) is 0 Å². The molecule has 0 bridgehead atoms. The Labute approximate surface area is 97.0 Å². The second-order valence-corrected chi connectivity index (χ2v) is 4.39. The van der Waals surface area contributed by atoms with E-state index in [0.717, 1.165) is 27.2 Å². The molecule has 0 atom stereocenters. The zero-order valence-corrected chi connectivity index (χ0v) is 10.2. The third-order valence-electron chi connectivity index (χ3n) is 2.42. The molecule has 1 heterocycles. The molecule has 0 saturated heterocycles. The first-order chi connectivity index (χ1) is 7.09. The van der Waals surface area contributed by atoms with Crippen molar-refractivity contribution < 1.29 is 0 Å². The number of hydrogen-bond donors (Lipinski definition) is 1. The molecular weight excluding hydrogens is 254 g/mol. The van der Waals surface area contributed by atoms with Gasteiger partial charge in [0.05, 0.1) is 22.8 Å². The van der Waals surface area contributed by atoms with Gasteiger partial charge in [0.1, 0.15) is 0 Å². The zero-order valence-electron chi connectivity index (χ0n) is 8.66. The molecule has 0 radical (unpaired) electrons. The van der Waals surface area contributed by atoms with Gasteiger partial charge in [-0.15, -0.1) is 0 Å². The largest absolute Gasteiger partial charge is 0.396 e. The van der Waals surface area contributed by atoms with Gasteiger partial charge < -0.3 is 5.73 Å². The maximum atomic E-state index is 5.88. The zero-order chi connectivity index (χ0) is 11.0. The van der Waals surface area contributed by atoms with E-state index in [1.54, 1.807) is 0 Å². The lowest BCUT2D eigenvalue weighted by atomic mass is 10.3. The molecule has 0 aliphatic carbocycles. The number of nitrogen functional groups attached to an aromatic ring is 1. The van der Waals surface area contributed by atoms with Crippen molar-refractivity contribution in [3.8, 4) is 5.69 Å². The van der Waals surface area contributed by atoms with Crippen LogP contribution in [0.2, 0.25) is 0 Å². The van der Waals surface area contributed by atoms with Crippen LogP contribution in [0.25, 0.3) is 5.69 Å². The van der Waals surface area contributed by atoms with Crippen LogP contribution in [0.1, 0.15) is 11.4 Å². The molecule has 0 aliphatic rings. The van der Waals surface area contributed by atoms with Crippen LogP contribution >= 0.6 is 15.9 Å². The first kappa shape index (κ1) is 10.2. The number of benzene rings is 1. The monoisotopic (exact) mass is 265 g/mol. The van der Waals surface area contributed by atoms with Gasteiger partial charge in [0.2, 0.25) is 0 Å². The maximum Gasteiger partial charge on any atom is 0.0830 e. The Bertz CT molecular complexity index is 485. The highest BCUT2D eigenvalue weighted by Crippen LogP contribution is 2.20. The number of nitrogens with two attached hydrogens (primary N) is 1. The predicted octanol–water partition coefficient (Wildman–Crippen LogP) is 2.83. The van der Waals surface area contributed by atoms with Crippen LogP contribution in [0.4, 0.5) is 5.69 Å². The van der Waals surface area contributed by atoms with E-state index in [0.29, 0.717) is 0 Å². The normalized spacial score (nSPS) is 10.6. The third-order valence-corrected chi connectivity index (χ3v) is 2.95. The molecule has 4 heteroatoms. The lowest BCUT2D eigenvalue weighted by Crippen LogP contribution is -1.99. The van der Waals surface area contributed by atoms with Gasteiger partial charge in [-0.05, 0) is 38.1 Å². The Morgan fingerprint density at radius 2 is 1.80 bits per heavy atom. The van der Waals surface area contributed by atoms with E-state index >= 15 is 0 Å². The summed E-state index contributed by atoms with van der Waals surface area (Å²) in [6.45, 7) is 3.88. The number of hydrogen-bond acceptors (Lipinski definition) is 2. The topological polar surface area (TPSA) is 43.8 Å². The summed E-state index contributed by atoms with van der Waals surface area (Å²) in [7, 11) is 0. The van der Waals surface area contributed by atoms with Gasteiger partial charge >= 0.3 is 0 Å². The molecule has 3 nitrogen and oxygen atoms in total. The van der Waals surface area contributed by atoms with Gasteiger partial charge in [0.15, 0.2) is 0 Å². The molecule has 0 unspecified atom stereocenters. The van der Waals surface area contributed by atoms with E-state index in [4.69, 9.17) is 5.73 Å². The molecule has 2 aromatic rings. The number of nitrogens with zero attached hydrogens (tertiary/aromatic N) is 2. The fourth-order valence-electron chi connectivity index (χ4n) is 1.49. The standard InChI is InChI=1S/C11H12BrN3/c1-7-11(13)8(2)15(14-7)10-5-3-9(12)4-6-10/h3-6H,13H2,1-2H3. The van der Waals surface area contributed by atoms with Gasteiger partial charge in [-0.3, -0.25) is 0 Å². The summed E-state index contributed by atoms with van der Waals surface area (Å²) in [4.78, 5) is 0. The van der Waals surface area contributed by atoms with Crippen LogP contribution in [0.3, 0.4) is 0 Å². The van der Waals surface area contributed by atoms with Crippen molar-refractivity contribution in [3.63, 3.8) is 0 Å². The summed E-state index contributed by atoms with van der Waals surface area (Å²) in [5.41, 5.74) is 9.51. The molecule has 0 amide bonds. The molecule has 2 N–H and O–H groups in total. The quantitative estimate of drug-likeness (QED) is 0.862. The van der Waals surface area contributed by atoms with Crippen molar-refractivity contribution in [3.05, 3.63) is 40.1 Å². The first-order valence-corrected chi connectivity index (χ1v) is 5.46. The van der Waals surface area contributed by atoms with Crippen LogP contribution in [-0.4, -0.2) is 9.78 Å². The third kappa shape index (κ3) is 1.77. The van der Waals surface area contributed by atoms with Crippen LogP contribution < -0.4 is 5.73 Å². The number of anilines is 1.